The first kappa shape index (κ1) is 23.7. The largest absolute Gasteiger partial charge is 0.495 e. The SMILES string of the molecule is COc1ccc(S(=O)(=O)c2cnc(SCC(=O)Nc3ccc(F)c(F)c3)[nH]c2=O)cc1Cl. The van der Waals surface area contributed by atoms with E-state index in [4.69, 9.17) is 16.3 Å². The number of thioether (sulfide) groups is 1. The zero-order valence-corrected chi connectivity index (χ0v) is 18.6. The maximum Gasteiger partial charge on any atom is 0.270 e. The first-order valence-corrected chi connectivity index (χ1v) is 11.5. The van der Waals surface area contributed by atoms with Gasteiger partial charge in [0.1, 0.15) is 5.75 Å². The second kappa shape index (κ2) is 9.67. The highest BCUT2D eigenvalue weighted by Gasteiger charge is 2.23. The summed E-state index contributed by atoms with van der Waals surface area (Å²) in [4.78, 5) is 29.7. The van der Waals surface area contributed by atoms with Gasteiger partial charge in [0.15, 0.2) is 21.7 Å². The zero-order chi connectivity index (χ0) is 23.5. The standard InChI is InChI=1S/C19H14ClF2N3O5S2/c1-30-15-5-3-11(7-12(15)20)32(28,29)16-8-23-19(25-18(16)27)31-9-17(26)24-10-2-4-13(21)14(22)6-10/h2-8H,9H2,1H3,(H,24,26)(H,23,25,27). The van der Waals surface area contributed by atoms with E-state index in [0.29, 0.717) is 0 Å². The van der Waals surface area contributed by atoms with Gasteiger partial charge in [0.25, 0.3) is 5.56 Å². The summed E-state index contributed by atoms with van der Waals surface area (Å²) in [6, 6.07) is 6.62. The van der Waals surface area contributed by atoms with E-state index < -0.39 is 37.8 Å². The molecule has 32 heavy (non-hydrogen) atoms. The second-order valence-corrected chi connectivity index (χ2v) is 9.44. The van der Waals surface area contributed by atoms with E-state index >= 15 is 0 Å². The van der Waals surface area contributed by atoms with Gasteiger partial charge in [-0.15, -0.1) is 0 Å². The molecule has 0 aliphatic rings. The van der Waals surface area contributed by atoms with Crippen LogP contribution < -0.4 is 15.6 Å². The van der Waals surface area contributed by atoms with Crippen molar-refractivity contribution in [2.24, 2.45) is 0 Å². The van der Waals surface area contributed by atoms with Crippen molar-refractivity contribution in [3.8, 4) is 5.75 Å². The number of carbonyl (C=O) groups is 1. The van der Waals surface area contributed by atoms with Crippen molar-refractivity contribution < 1.29 is 26.7 Å². The molecule has 0 fully saturated rings. The third-order valence-corrected chi connectivity index (χ3v) is 6.94. The van der Waals surface area contributed by atoms with Crippen LogP contribution >= 0.6 is 23.4 Å². The minimum atomic E-state index is -4.21. The number of amides is 1. The Morgan fingerprint density at radius 1 is 1.22 bits per heavy atom. The zero-order valence-electron chi connectivity index (χ0n) is 16.2. The molecule has 0 aliphatic heterocycles. The van der Waals surface area contributed by atoms with Crippen LogP contribution in [0.15, 0.2) is 62.3 Å². The van der Waals surface area contributed by atoms with E-state index in [2.05, 4.69) is 15.3 Å². The van der Waals surface area contributed by atoms with Gasteiger partial charge in [-0.1, -0.05) is 23.4 Å². The average Bonchev–Trinajstić information content (AvgIpc) is 2.74. The summed E-state index contributed by atoms with van der Waals surface area (Å²) in [5.41, 5.74) is -0.883. The van der Waals surface area contributed by atoms with Crippen molar-refractivity contribution in [1.82, 2.24) is 9.97 Å². The molecule has 3 rings (SSSR count). The molecule has 0 unspecified atom stereocenters. The van der Waals surface area contributed by atoms with E-state index in [1.807, 2.05) is 0 Å². The Morgan fingerprint density at radius 3 is 2.59 bits per heavy atom. The number of nitrogens with zero attached hydrogens (tertiary/aromatic N) is 1. The molecule has 8 nitrogen and oxygen atoms in total. The van der Waals surface area contributed by atoms with Crippen LogP contribution in [0.25, 0.3) is 0 Å². The molecule has 0 saturated carbocycles. The number of hydrogen-bond donors (Lipinski definition) is 2. The fourth-order valence-corrected chi connectivity index (χ4v) is 4.69. The van der Waals surface area contributed by atoms with Gasteiger partial charge in [-0.05, 0) is 30.3 Å². The van der Waals surface area contributed by atoms with Crippen LogP contribution in [-0.4, -0.2) is 37.2 Å². The highest BCUT2D eigenvalue weighted by atomic mass is 35.5. The summed E-state index contributed by atoms with van der Waals surface area (Å²) in [6.45, 7) is 0. The fourth-order valence-electron chi connectivity index (χ4n) is 2.48. The number of H-pyrrole nitrogens is 1. The third kappa shape index (κ3) is 5.26. The molecule has 0 bridgehead atoms. The summed E-state index contributed by atoms with van der Waals surface area (Å²) < 4.78 is 56.6. The van der Waals surface area contributed by atoms with E-state index in [-0.39, 0.29) is 32.3 Å². The lowest BCUT2D eigenvalue weighted by molar-refractivity contribution is -0.113. The van der Waals surface area contributed by atoms with E-state index in [1.54, 1.807) is 0 Å². The fraction of sp³-hybridized carbons (Fsp3) is 0.105. The summed E-state index contributed by atoms with van der Waals surface area (Å²) >= 11 is 6.77. The number of halogens is 3. The molecule has 0 atom stereocenters. The molecule has 1 amide bonds. The molecule has 13 heteroatoms. The lowest BCUT2D eigenvalue weighted by Gasteiger charge is -2.08. The summed E-state index contributed by atoms with van der Waals surface area (Å²) in [5, 5.41) is 2.40. The maximum absolute atomic E-state index is 13.2. The number of aromatic nitrogens is 2. The topological polar surface area (TPSA) is 118 Å². The highest BCUT2D eigenvalue weighted by molar-refractivity contribution is 7.99. The number of ether oxygens (including phenoxy) is 1. The number of rotatable bonds is 7. The monoisotopic (exact) mass is 501 g/mol. The summed E-state index contributed by atoms with van der Waals surface area (Å²) in [6.07, 6.45) is 0.877. The molecule has 168 valence electrons. The van der Waals surface area contributed by atoms with Gasteiger partial charge in [0.05, 0.1) is 29.0 Å². The third-order valence-electron chi connectivity index (χ3n) is 4.01. The van der Waals surface area contributed by atoms with Gasteiger partial charge in [-0.3, -0.25) is 9.59 Å². The Kier molecular flexibility index (Phi) is 7.16. The summed E-state index contributed by atoms with van der Waals surface area (Å²) in [5.74, 6) is -2.70. The number of carbonyl (C=O) groups excluding carboxylic acids is 1. The number of hydrogen-bond acceptors (Lipinski definition) is 7. The second-order valence-electron chi connectivity index (χ2n) is 6.15. The van der Waals surface area contributed by atoms with Gasteiger partial charge in [0.2, 0.25) is 15.7 Å². The highest BCUT2D eigenvalue weighted by Crippen LogP contribution is 2.29. The first-order chi connectivity index (χ1) is 15.1. The number of aromatic amines is 1. The minimum Gasteiger partial charge on any atom is -0.495 e. The Bertz CT molecular complexity index is 1350. The Morgan fingerprint density at radius 2 is 1.97 bits per heavy atom. The quantitative estimate of drug-likeness (QED) is 0.377. The molecule has 0 aliphatic carbocycles. The number of nitrogens with one attached hydrogen (secondary N) is 2. The smallest absolute Gasteiger partial charge is 0.270 e. The van der Waals surface area contributed by atoms with Crippen LogP contribution in [0.1, 0.15) is 0 Å². The van der Waals surface area contributed by atoms with Gasteiger partial charge in [-0.25, -0.2) is 22.2 Å². The van der Waals surface area contributed by atoms with Crippen LogP contribution in [0, 0.1) is 11.6 Å². The first-order valence-electron chi connectivity index (χ1n) is 8.67. The molecule has 1 heterocycles. The van der Waals surface area contributed by atoms with Crippen LogP contribution in [0.5, 0.6) is 5.75 Å². The summed E-state index contributed by atoms with van der Waals surface area (Å²) in [7, 11) is -2.84. The van der Waals surface area contributed by atoms with Gasteiger partial charge < -0.3 is 15.0 Å². The molecule has 2 aromatic carbocycles. The predicted octanol–water partition coefficient (Wildman–Crippen LogP) is 3.27. The van der Waals surface area contributed by atoms with Crippen molar-refractivity contribution in [3.05, 3.63) is 69.6 Å². The van der Waals surface area contributed by atoms with Crippen LogP contribution in [-0.2, 0) is 14.6 Å². The molecular formula is C19H14ClF2N3O5S2. The number of sulfone groups is 1. The Labute approximate surface area is 189 Å². The number of methoxy groups -OCH3 is 1. The van der Waals surface area contributed by atoms with Crippen molar-refractivity contribution in [2.75, 3.05) is 18.2 Å². The van der Waals surface area contributed by atoms with Crippen molar-refractivity contribution in [1.29, 1.82) is 0 Å². The normalized spacial score (nSPS) is 11.2. The Hall–Kier alpha value is -2.96. The van der Waals surface area contributed by atoms with Crippen LogP contribution in [0.2, 0.25) is 5.02 Å². The van der Waals surface area contributed by atoms with Gasteiger partial charge in [-0.2, -0.15) is 0 Å². The predicted molar refractivity (Wildman–Crippen MR) is 114 cm³/mol. The van der Waals surface area contributed by atoms with Crippen molar-refractivity contribution >= 4 is 44.8 Å². The maximum atomic E-state index is 13.2. The molecule has 0 spiro atoms. The van der Waals surface area contributed by atoms with Crippen LogP contribution in [0.4, 0.5) is 14.5 Å². The van der Waals surface area contributed by atoms with E-state index in [1.165, 1.54) is 25.3 Å². The number of benzene rings is 2. The van der Waals surface area contributed by atoms with E-state index in [0.717, 1.165) is 36.2 Å². The molecule has 0 radical (unpaired) electrons. The lowest BCUT2D eigenvalue weighted by atomic mass is 10.3. The van der Waals surface area contributed by atoms with Crippen molar-refractivity contribution in [2.45, 2.75) is 14.9 Å². The van der Waals surface area contributed by atoms with Crippen LogP contribution in [0.3, 0.4) is 0 Å². The lowest BCUT2D eigenvalue weighted by Crippen LogP contribution is -2.20. The molecule has 1 aromatic heterocycles. The van der Waals surface area contributed by atoms with Crippen molar-refractivity contribution in [3.63, 3.8) is 0 Å². The molecule has 2 N–H and O–H groups in total. The van der Waals surface area contributed by atoms with Gasteiger partial charge in [0, 0.05) is 11.8 Å². The average molecular weight is 502 g/mol. The van der Waals surface area contributed by atoms with Gasteiger partial charge >= 0.3 is 0 Å². The molecule has 0 saturated heterocycles. The van der Waals surface area contributed by atoms with E-state index in [9.17, 15) is 26.8 Å². The molecule has 3 aromatic rings. The number of anilines is 1. The minimum absolute atomic E-state index is 0.0119. The Balaban J connectivity index is 1.72. The molecular weight excluding hydrogens is 488 g/mol.